The highest BCUT2D eigenvalue weighted by Crippen LogP contribution is 2.35. The molecule has 2 rings (SSSR count). The molecule has 1 saturated heterocycles. The number of benzene rings is 1. The molecule has 1 aliphatic heterocycles. The van der Waals surface area contributed by atoms with Crippen LogP contribution >= 0.6 is 0 Å². The van der Waals surface area contributed by atoms with E-state index in [4.69, 9.17) is 4.74 Å². The summed E-state index contributed by atoms with van der Waals surface area (Å²) in [5.74, 6) is -0.515. The van der Waals surface area contributed by atoms with Crippen molar-refractivity contribution in [3.05, 3.63) is 29.3 Å². The van der Waals surface area contributed by atoms with Crippen molar-refractivity contribution in [3.63, 3.8) is 0 Å². The van der Waals surface area contributed by atoms with Gasteiger partial charge in [0.1, 0.15) is 0 Å². The lowest BCUT2D eigenvalue weighted by atomic mass is 10.1. The molecule has 0 saturated carbocycles. The lowest BCUT2D eigenvalue weighted by Crippen LogP contribution is -2.40. The maximum atomic E-state index is 12.9. The first-order valence-electron chi connectivity index (χ1n) is 6.69. The predicted octanol–water partition coefficient (Wildman–Crippen LogP) is 2.66. The number of halogens is 3. The summed E-state index contributed by atoms with van der Waals surface area (Å²) in [5, 5.41) is 5.18. The summed E-state index contributed by atoms with van der Waals surface area (Å²) < 4.78 is 44.1. The summed E-state index contributed by atoms with van der Waals surface area (Å²) in [5.41, 5.74) is -0.913. The number of carbonyl (C=O) groups excluding carboxylic acids is 1. The van der Waals surface area contributed by atoms with Gasteiger partial charge in [0.05, 0.1) is 18.2 Å². The quantitative estimate of drug-likeness (QED) is 0.902. The van der Waals surface area contributed by atoms with E-state index in [0.29, 0.717) is 13.2 Å². The van der Waals surface area contributed by atoms with E-state index in [2.05, 4.69) is 10.6 Å². The molecule has 1 aromatic carbocycles. The van der Waals surface area contributed by atoms with Gasteiger partial charge in [0, 0.05) is 24.9 Å². The molecule has 1 unspecified atom stereocenters. The molecule has 7 heteroatoms. The third kappa shape index (κ3) is 3.87. The zero-order valence-corrected chi connectivity index (χ0v) is 11.6. The maximum absolute atomic E-state index is 12.9. The molecule has 21 heavy (non-hydrogen) atoms. The lowest BCUT2D eigenvalue weighted by Gasteiger charge is -2.23. The molecule has 1 amide bonds. The number of amides is 1. The summed E-state index contributed by atoms with van der Waals surface area (Å²) in [4.78, 5) is 12.0. The summed E-state index contributed by atoms with van der Waals surface area (Å²) in [6.45, 7) is 1.05. The largest absolute Gasteiger partial charge is 0.418 e. The first-order valence-corrected chi connectivity index (χ1v) is 6.69. The summed E-state index contributed by atoms with van der Waals surface area (Å²) >= 11 is 0. The van der Waals surface area contributed by atoms with Crippen LogP contribution in [0.5, 0.6) is 0 Å². The zero-order chi connectivity index (χ0) is 15.5. The lowest BCUT2D eigenvalue weighted by molar-refractivity contribution is -0.136. The van der Waals surface area contributed by atoms with Crippen LogP contribution in [0.4, 0.5) is 18.9 Å². The third-order valence-electron chi connectivity index (χ3n) is 3.35. The maximum Gasteiger partial charge on any atom is 0.418 e. The molecule has 1 atom stereocenters. The Balaban J connectivity index is 2.17. The van der Waals surface area contributed by atoms with Crippen LogP contribution < -0.4 is 10.6 Å². The molecule has 0 aromatic heterocycles. The van der Waals surface area contributed by atoms with Gasteiger partial charge in [-0.3, -0.25) is 4.79 Å². The molecule has 0 bridgehead atoms. The van der Waals surface area contributed by atoms with Gasteiger partial charge in [-0.1, -0.05) is 0 Å². The Morgan fingerprint density at radius 3 is 2.71 bits per heavy atom. The van der Waals surface area contributed by atoms with Crippen LogP contribution in [0.2, 0.25) is 0 Å². The molecule has 1 fully saturated rings. The Bertz CT molecular complexity index is 511. The second-order valence-electron chi connectivity index (χ2n) is 4.90. The number of nitrogens with one attached hydrogen (secondary N) is 2. The van der Waals surface area contributed by atoms with Crippen molar-refractivity contribution in [2.45, 2.75) is 25.1 Å². The minimum Gasteiger partial charge on any atom is -0.388 e. The number of carbonyl (C=O) groups is 1. The van der Waals surface area contributed by atoms with Crippen molar-refractivity contribution >= 4 is 11.6 Å². The second-order valence-corrected chi connectivity index (χ2v) is 4.90. The Kier molecular flexibility index (Phi) is 4.72. The van der Waals surface area contributed by atoms with Gasteiger partial charge in [-0.05, 0) is 31.0 Å². The van der Waals surface area contributed by atoms with Crippen molar-refractivity contribution < 1.29 is 22.7 Å². The molecule has 116 valence electrons. The van der Waals surface area contributed by atoms with Crippen LogP contribution in [0.1, 0.15) is 28.8 Å². The van der Waals surface area contributed by atoms with Gasteiger partial charge in [0.2, 0.25) is 0 Å². The fourth-order valence-corrected chi connectivity index (χ4v) is 2.26. The molecular weight excluding hydrogens is 285 g/mol. The average Bonchev–Trinajstić information content (AvgIpc) is 2.46. The van der Waals surface area contributed by atoms with E-state index in [-0.39, 0.29) is 17.3 Å². The topological polar surface area (TPSA) is 50.4 Å². The first-order chi connectivity index (χ1) is 9.91. The Morgan fingerprint density at radius 1 is 1.38 bits per heavy atom. The number of hydrogen-bond donors (Lipinski definition) is 2. The van der Waals surface area contributed by atoms with Gasteiger partial charge in [-0.15, -0.1) is 0 Å². The molecule has 0 aliphatic carbocycles. The Hall–Kier alpha value is -1.76. The monoisotopic (exact) mass is 302 g/mol. The van der Waals surface area contributed by atoms with Gasteiger partial charge in [-0.2, -0.15) is 13.2 Å². The van der Waals surface area contributed by atoms with Gasteiger partial charge in [0.15, 0.2) is 0 Å². The van der Waals surface area contributed by atoms with Gasteiger partial charge in [-0.25, -0.2) is 0 Å². The molecule has 1 heterocycles. The normalized spacial score (nSPS) is 19.1. The summed E-state index contributed by atoms with van der Waals surface area (Å²) in [6, 6.07) is 3.35. The smallest absolute Gasteiger partial charge is 0.388 e. The molecular formula is C14H17F3N2O2. The number of hydrogen-bond acceptors (Lipinski definition) is 3. The van der Waals surface area contributed by atoms with Crippen LogP contribution in [0.25, 0.3) is 0 Å². The molecule has 1 aromatic rings. The number of rotatable bonds is 3. The molecule has 2 N–H and O–H groups in total. The molecule has 0 spiro atoms. The molecule has 1 aliphatic rings. The first kappa shape index (κ1) is 15.6. The van der Waals surface area contributed by atoms with Crippen molar-refractivity contribution in [1.29, 1.82) is 0 Å². The predicted molar refractivity (Wildman–Crippen MR) is 72.3 cm³/mol. The number of ether oxygens (including phenoxy) is 1. The Labute approximate surface area is 120 Å². The summed E-state index contributed by atoms with van der Waals surface area (Å²) in [6.07, 6.45) is -2.91. The van der Waals surface area contributed by atoms with E-state index in [0.717, 1.165) is 18.9 Å². The van der Waals surface area contributed by atoms with E-state index in [9.17, 15) is 18.0 Å². The minimum atomic E-state index is -4.51. The van der Waals surface area contributed by atoms with Crippen molar-refractivity contribution in [2.24, 2.45) is 0 Å². The molecule has 4 nitrogen and oxygen atoms in total. The number of anilines is 1. The highest BCUT2D eigenvalue weighted by atomic mass is 19.4. The standard InChI is InChI=1S/C14H17F3N2O2/c1-18-12-5-4-9(7-11(12)14(15,16)17)13(20)19-10-3-2-6-21-8-10/h4-5,7,10,18H,2-3,6,8H2,1H3,(H,19,20). The van der Waals surface area contributed by atoms with Crippen LogP contribution in [-0.2, 0) is 10.9 Å². The van der Waals surface area contributed by atoms with E-state index >= 15 is 0 Å². The van der Waals surface area contributed by atoms with E-state index in [1.54, 1.807) is 0 Å². The van der Waals surface area contributed by atoms with Crippen molar-refractivity contribution in [3.8, 4) is 0 Å². The fourth-order valence-electron chi connectivity index (χ4n) is 2.26. The van der Waals surface area contributed by atoms with Crippen LogP contribution in [0.15, 0.2) is 18.2 Å². The third-order valence-corrected chi connectivity index (χ3v) is 3.35. The van der Waals surface area contributed by atoms with Gasteiger partial charge < -0.3 is 15.4 Å². The molecule has 0 radical (unpaired) electrons. The Morgan fingerprint density at radius 2 is 2.14 bits per heavy atom. The fraction of sp³-hybridized carbons (Fsp3) is 0.500. The van der Waals surface area contributed by atoms with Gasteiger partial charge in [0.25, 0.3) is 5.91 Å². The van der Waals surface area contributed by atoms with Crippen molar-refractivity contribution in [2.75, 3.05) is 25.6 Å². The average molecular weight is 302 g/mol. The van der Waals surface area contributed by atoms with Crippen molar-refractivity contribution in [1.82, 2.24) is 5.32 Å². The zero-order valence-electron chi connectivity index (χ0n) is 11.6. The van der Waals surface area contributed by atoms with E-state index in [1.165, 1.54) is 19.2 Å². The highest BCUT2D eigenvalue weighted by molar-refractivity contribution is 5.95. The van der Waals surface area contributed by atoms with Gasteiger partial charge >= 0.3 is 6.18 Å². The second kappa shape index (κ2) is 6.34. The number of alkyl halides is 3. The summed E-state index contributed by atoms with van der Waals surface area (Å²) in [7, 11) is 1.41. The van der Waals surface area contributed by atoms with E-state index in [1.807, 2.05) is 0 Å². The van der Waals surface area contributed by atoms with Crippen LogP contribution in [0, 0.1) is 0 Å². The van der Waals surface area contributed by atoms with E-state index < -0.39 is 17.6 Å². The van der Waals surface area contributed by atoms with Crippen LogP contribution in [0.3, 0.4) is 0 Å². The SMILES string of the molecule is CNc1ccc(C(=O)NC2CCCOC2)cc1C(F)(F)F. The minimum absolute atomic E-state index is 0.00750. The highest BCUT2D eigenvalue weighted by Gasteiger charge is 2.34. The van der Waals surface area contributed by atoms with Crippen LogP contribution in [-0.4, -0.2) is 32.2 Å².